The number of ether oxygens (including phenoxy) is 2. The standard InChI is InChI=1S/C16H15NO4.C15H14N2O4.C15H13NO5.C15H15NO4/c1-2-9-4-3-5-11-14(9)16(21)17(15(11)20)12-7-6-10(18)8-13(12)19;1-16-10-4-2-3-9-13(10)15(21)17(14(9)20)11-6-5-8(18)7-12(11)19;1-21-12-4-2-3-9-13(12)15(20)16(14(9)19)10-6-5-8(17)7-11(10)18;1-20-14-4-2-3-10-11(14)8-16(15(10)19)12-6-5-9(17)7-13(12)18/h3-5,12H,2,6-8H2,1H3;2-4,11,16H,5-7H2,1H3;2-4,10H,5-7H2,1H3;2-4,12H,5-8H2,1H3. The zero-order chi connectivity index (χ0) is 59.7. The van der Waals surface area contributed by atoms with Gasteiger partial charge in [0.2, 0.25) is 0 Å². The zero-order valence-corrected chi connectivity index (χ0v) is 45.9. The maximum atomic E-state index is 12.6. The number of benzene rings is 4. The molecule has 22 nitrogen and oxygen atoms in total. The van der Waals surface area contributed by atoms with Gasteiger partial charge >= 0.3 is 0 Å². The van der Waals surface area contributed by atoms with E-state index in [4.69, 9.17) is 9.47 Å². The van der Waals surface area contributed by atoms with Crippen molar-refractivity contribution in [2.45, 2.75) is 121 Å². The lowest BCUT2D eigenvalue weighted by Gasteiger charge is -2.29. The molecule has 0 aromatic heterocycles. The number of anilines is 1. The van der Waals surface area contributed by atoms with Gasteiger partial charge in [-0.3, -0.25) is 86.6 Å². The SMILES string of the molecule is CCc1cccc2c1C(=O)N(C1CCC(=O)CC1=O)C2=O.CNc1cccc2c1C(=O)N(C1CCC(=O)CC1=O)C2=O.COc1cccc2c1C(=O)N(C1CCC(=O)CC1=O)C2=O.COc1cccc2c1CN(C1CCC(=O)CC1=O)C2=O. The van der Waals surface area contributed by atoms with E-state index in [1.54, 1.807) is 73.7 Å². The number of amides is 7. The highest BCUT2D eigenvalue weighted by molar-refractivity contribution is 6.27. The smallest absolute Gasteiger partial charge is 0.266 e. The van der Waals surface area contributed by atoms with Gasteiger partial charge in [-0.2, -0.15) is 0 Å². The van der Waals surface area contributed by atoms with E-state index >= 15 is 0 Å². The number of nitrogens with one attached hydrogen (secondary N) is 1. The molecule has 12 rings (SSSR count). The molecule has 22 heteroatoms. The summed E-state index contributed by atoms with van der Waals surface area (Å²) in [5.74, 6) is -3.60. The van der Waals surface area contributed by atoms with Crippen molar-refractivity contribution in [1.29, 1.82) is 0 Å². The van der Waals surface area contributed by atoms with Crippen LogP contribution in [0.2, 0.25) is 0 Å². The quantitative estimate of drug-likeness (QED) is 0.182. The van der Waals surface area contributed by atoms with E-state index in [0.29, 0.717) is 70.8 Å². The first-order valence-electron chi connectivity index (χ1n) is 27.1. The fraction of sp³-hybridized carbons (Fsp3) is 0.361. The third kappa shape index (κ3) is 10.8. The van der Waals surface area contributed by atoms with Gasteiger partial charge in [0.25, 0.3) is 41.4 Å². The summed E-state index contributed by atoms with van der Waals surface area (Å²) < 4.78 is 10.4. The molecule has 7 amide bonds. The van der Waals surface area contributed by atoms with Crippen LogP contribution in [0.25, 0.3) is 0 Å². The minimum Gasteiger partial charge on any atom is -0.496 e. The number of nitrogens with zero attached hydrogens (tertiary/aromatic N) is 4. The maximum absolute atomic E-state index is 12.6. The predicted octanol–water partition coefficient (Wildman–Crippen LogP) is 4.87. The lowest BCUT2D eigenvalue weighted by Crippen LogP contribution is -2.47. The summed E-state index contributed by atoms with van der Waals surface area (Å²) in [6.45, 7) is 2.29. The number of hydrogen-bond donors (Lipinski definition) is 1. The van der Waals surface area contributed by atoms with Crippen LogP contribution < -0.4 is 14.8 Å². The van der Waals surface area contributed by atoms with Crippen molar-refractivity contribution in [1.82, 2.24) is 19.6 Å². The van der Waals surface area contributed by atoms with Gasteiger partial charge in [0.1, 0.15) is 34.6 Å². The molecule has 1 N–H and O–H groups in total. The van der Waals surface area contributed by atoms with Crippen molar-refractivity contribution >= 4 is 93.3 Å². The summed E-state index contributed by atoms with van der Waals surface area (Å²) in [6.07, 6.45) is 2.13. The molecule has 4 saturated carbocycles. The zero-order valence-electron chi connectivity index (χ0n) is 45.9. The first kappa shape index (κ1) is 58.2. The van der Waals surface area contributed by atoms with E-state index in [-0.39, 0.29) is 128 Å². The third-order valence-electron chi connectivity index (χ3n) is 16.0. The van der Waals surface area contributed by atoms with Gasteiger partial charge in [-0.25, -0.2) is 0 Å². The van der Waals surface area contributed by atoms with Gasteiger partial charge in [0.05, 0.1) is 104 Å². The van der Waals surface area contributed by atoms with Crippen LogP contribution in [0.5, 0.6) is 11.5 Å². The van der Waals surface area contributed by atoms with Crippen LogP contribution in [-0.2, 0) is 51.3 Å². The Kier molecular flexibility index (Phi) is 16.8. The molecule has 4 fully saturated rings. The highest BCUT2D eigenvalue weighted by Crippen LogP contribution is 2.38. The fourth-order valence-electron chi connectivity index (χ4n) is 11.8. The molecule has 83 heavy (non-hydrogen) atoms. The Bertz CT molecular complexity index is 3280. The number of carbonyl (C=O) groups is 15. The first-order chi connectivity index (χ1) is 39.7. The number of carbonyl (C=O) groups excluding carboxylic acids is 15. The Balaban J connectivity index is 0.000000133. The topological polar surface area (TPSA) is 299 Å². The molecule has 4 heterocycles. The van der Waals surface area contributed by atoms with Gasteiger partial charge in [-0.05, 0) is 80.1 Å². The van der Waals surface area contributed by atoms with Crippen LogP contribution in [0.3, 0.4) is 0 Å². The number of aryl methyl sites for hydroxylation is 1. The second-order valence-corrected chi connectivity index (χ2v) is 20.9. The van der Waals surface area contributed by atoms with Gasteiger partial charge in [0.15, 0.2) is 23.1 Å². The van der Waals surface area contributed by atoms with Crippen molar-refractivity contribution < 1.29 is 81.4 Å². The van der Waals surface area contributed by atoms with E-state index in [1.807, 2.05) is 19.1 Å². The molecular weight excluding hydrogens is 1070 g/mol. The molecule has 4 atom stereocenters. The lowest BCUT2D eigenvalue weighted by atomic mass is 9.92. The lowest BCUT2D eigenvalue weighted by molar-refractivity contribution is -0.134. The van der Waals surface area contributed by atoms with E-state index in [9.17, 15) is 71.9 Å². The summed E-state index contributed by atoms with van der Waals surface area (Å²) in [5, 5.41) is 2.88. The molecule has 4 aliphatic carbocycles. The van der Waals surface area contributed by atoms with Crippen molar-refractivity contribution in [3.63, 3.8) is 0 Å². The van der Waals surface area contributed by atoms with Crippen LogP contribution in [0.15, 0.2) is 72.8 Å². The highest BCUT2D eigenvalue weighted by Gasteiger charge is 2.49. The van der Waals surface area contributed by atoms with Crippen LogP contribution in [0.4, 0.5) is 5.69 Å². The monoisotopic (exact) mass is 1130 g/mol. The Morgan fingerprint density at radius 1 is 0.422 bits per heavy atom. The number of rotatable bonds is 8. The Morgan fingerprint density at radius 2 is 0.795 bits per heavy atom. The van der Waals surface area contributed by atoms with Crippen LogP contribution >= 0.6 is 0 Å². The summed E-state index contributed by atoms with van der Waals surface area (Å²) >= 11 is 0. The molecule has 0 saturated heterocycles. The molecule has 8 aliphatic rings. The molecule has 4 unspecified atom stereocenters. The number of imide groups is 3. The van der Waals surface area contributed by atoms with Crippen molar-refractivity contribution in [2.24, 2.45) is 0 Å². The summed E-state index contributed by atoms with van der Waals surface area (Å²) in [6, 6.07) is 17.3. The summed E-state index contributed by atoms with van der Waals surface area (Å²) in [4.78, 5) is 185. The fourth-order valence-corrected chi connectivity index (χ4v) is 11.8. The van der Waals surface area contributed by atoms with E-state index in [2.05, 4.69) is 5.32 Å². The van der Waals surface area contributed by atoms with E-state index in [1.165, 1.54) is 13.2 Å². The average Bonchev–Trinajstić information content (AvgIpc) is 2.69. The molecule has 0 bridgehead atoms. The molecular formula is C61H57N5O17. The molecule has 428 valence electrons. The van der Waals surface area contributed by atoms with E-state index < -0.39 is 59.6 Å². The van der Waals surface area contributed by atoms with Gasteiger partial charge in [-0.15, -0.1) is 0 Å². The van der Waals surface area contributed by atoms with E-state index in [0.717, 1.165) is 25.8 Å². The predicted molar refractivity (Wildman–Crippen MR) is 290 cm³/mol. The molecule has 4 aromatic carbocycles. The maximum Gasteiger partial charge on any atom is 0.266 e. The molecule has 0 spiro atoms. The number of Topliss-reactive ketones (excluding diaryl/α,β-unsaturated/α-hetero) is 8. The molecule has 0 radical (unpaired) electrons. The van der Waals surface area contributed by atoms with Crippen LogP contribution in [-0.4, -0.2) is 153 Å². The van der Waals surface area contributed by atoms with Crippen molar-refractivity contribution in [2.75, 3.05) is 26.6 Å². The Morgan fingerprint density at radius 3 is 1.23 bits per heavy atom. The third-order valence-corrected chi connectivity index (χ3v) is 16.0. The Hall–Kier alpha value is -9.47. The highest BCUT2D eigenvalue weighted by atomic mass is 16.5. The first-order valence-corrected chi connectivity index (χ1v) is 27.1. The number of hydrogen-bond acceptors (Lipinski definition) is 18. The largest absolute Gasteiger partial charge is 0.496 e. The minimum atomic E-state index is -0.847. The van der Waals surface area contributed by atoms with Gasteiger partial charge in [-0.1, -0.05) is 37.3 Å². The van der Waals surface area contributed by atoms with Crippen molar-refractivity contribution in [3.05, 3.63) is 123 Å². The van der Waals surface area contributed by atoms with Gasteiger partial charge < -0.3 is 19.7 Å². The van der Waals surface area contributed by atoms with Gasteiger partial charge in [0, 0.05) is 49.5 Å². The number of methoxy groups -OCH3 is 2. The summed E-state index contributed by atoms with van der Waals surface area (Å²) in [7, 11) is 4.65. The normalized spacial score (nSPS) is 21.9. The molecule has 4 aliphatic heterocycles. The average molecular weight is 1130 g/mol. The summed E-state index contributed by atoms with van der Waals surface area (Å²) in [5.41, 5.74) is 4.60. The van der Waals surface area contributed by atoms with Crippen LogP contribution in [0.1, 0.15) is 168 Å². The van der Waals surface area contributed by atoms with Crippen LogP contribution in [0, 0.1) is 0 Å². The number of ketones is 8. The van der Waals surface area contributed by atoms with Crippen molar-refractivity contribution in [3.8, 4) is 11.5 Å². The minimum absolute atomic E-state index is 0.0343. The molecule has 4 aromatic rings. The number of fused-ring (bicyclic) bond motifs is 4. The second kappa shape index (κ2) is 23.9. The Labute approximate surface area is 474 Å². The second-order valence-electron chi connectivity index (χ2n) is 20.9.